The van der Waals surface area contributed by atoms with Crippen LogP contribution in [-0.4, -0.2) is 15.3 Å². The summed E-state index contributed by atoms with van der Waals surface area (Å²) in [7, 11) is 0. The second kappa shape index (κ2) is 5.22. The van der Waals surface area contributed by atoms with Gasteiger partial charge in [0.2, 0.25) is 0 Å². The number of phenolic OH excluding ortho intramolecular Hbond substituents is 3. The number of aryl methyl sites for hydroxylation is 2. The van der Waals surface area contributed by atoms with E-state index in [0.717, 1.165) is 29.5 Å². The molecule has 0 spiro atoms. The van der Waals surface area contributed by atoms with E-state index in [1.807, 2.05) is 19.9 Å². The zero-order valence-electron chi connectivity index (χ0n) is 11.1. The molecular formula is C16H18O3. The van der Waals surface area contributed by atoms with E-state index < -0.39 is 0 Å². The molecule has 0 saturated heterocycles. The van der Waals surface area contributed by atoms with Crippen LogP contribution in [0.15, 0.2) is 30.3 Å². The molecule has 0 aliphatic heterocycles. The van der Waals surface area contributed by atoms with Gasteiger partial charge in [0.15, 0.2) is 0 Å². The third kappa shape index (κ3) is 2.50. The second-order valence-electron chi connectivity index (χ2n) is 4.55. The fraction of sp³-hybridized carbons (Fsp3) is 0.250. The zero-order chi connectivity index (χ0) is 14.0. The molecule has 19 heavy (non-hydrogen) atoms. The number of benzene rings is 2. The Bertz CT molecular complexity index is 603. The molecule has 2 aromatic rings. The van der Waals surface area contributed by atoms with Crippen LogP contribution in [0.25, 0.3) is 11.1 Å². The van der Waals surface area contributed by atoms with Crippen LogP contribution in [0, 0.1) is 0 Å². The highest BCUT2D eigenvalue weighted by Gasteiger charge is 2.13. The Morgan fingerprint density at radius 1 is 0.737 bits per heavy atom. The minimum atomic E-state index is 0.0916. The molecule has 0 bridgehead atoms. The highest BCUT2D eigenvalue weighted by atomic mass is 16.3. The van der Waals surface area contributed by atoms with E-state index in [4.69, 9.17) is 0 Å². The molecule has 0 radical (unpaired) electrons. The average Bonchev–Trinajstić information content (AvgIpc) is 2.41. The number of aromatic hydroxyl groups is 3. The first-order chi connectivity index (χ1) is 9.06. The van der Waals surface area contributed by atoms with E-state index in [0.29, 0.717) is 5.56 Å². The lowest BCUT2D eigenvalue weighted by Crippen LogP contribution is -1.92. The van der Waals surface area contributed by atoms with Crippen molar-refractivity contribution >= 4 is 0 Å². The molecule has 0 unspecified atom stereocenters. The third-order valence-electron chi connectivity index (χ3n) is 3.34. The van der Waals surface area contributed by atoms with Gasteiger partial charge in [-0.05, 0) is 53.8 Å². The lowest BCUT2D eigenvalue weighted by atomic mass is 9.94. The maximum Gasteiger partial charge on any atom is 0.123 e. The summed E-state index contributed by atoms with van der Waals surface area (Å²) >= 11 is 0. The molecule has 0 amide bonds. The predicted molar refractivity (Wildman–Crippen MR) is 75.6 cm³/mol. The summed E-state index contributed by atoms with van der Waals surface area (Å²) in [5.41, 5.74) is 3.22. The SMILES string of the molecule is CCc1cc(CC)c(-c2cc(O)ccc2O)cc1O. The molecule has 3 nitrogen and oxygen atoms in total. The maximum atomic E-state index is 9.99. The molecule has 0 saturated carbocycles. The molecule has 0 atom stereocenters. The Labute approximate surface area is 112 Å². The smallest absolute Gasteiger partial charge is 0.123 e. The van der Waals surface area contributed by atoms with Gasteiger partial charge >= 0.3 is 0 Å². The maximum absolute atomic E-state index is 9.99. The van der Waals surface area contributed by atoms with Crippen molar-refractivity contribution in [1.29, 1.82) is 0 Å². The van der Waals surface area contributed by atoms with Gasteiger partial charge < -0.3 is 15.3 Å². The first-order valence-corrected chi connectivity index (χ1v) is 6.43. The van der Waals surface area contributed by atoms with Gasteiger partial charge in [0.1, 0.15) is 17.2 Å². The van der Waals surface area contributed by atoms with Crippen molar-refractivity contribution < 1.29 is 15.3 Å². The van der Waals surface area contributed by atoms with Crippen LogP contribution in [0.2, 0.25) is 0 Å². The fourth-order valence-corrected chi connectivity index (χ4v) is 2.25. The van der Waals surface area contributed by atoms with Crippen LogP contribution in [-0.2, 0) is 12.8 Å². The van der Waals surface area contributed by atoms with Crippen molar-refractivity contribution in [3.8, 4) is 28.4 Å². The van der Waals surface area contributed by atoms with Crippen molar-refractivity contribution in [2.45, 2.75) is 26.7 Å². The van der Waals surface area contributed by atoms with E-state index in [1.165, 1.54) is 18.2 Å². The Hall–Kier alpha value is -2.16. The van der Waals surface area contributed by atoms with Gasteiger partial charge in [-0.1, -0.05) is 19.9 Å². The van der Waals surface area contributed by atoms with Crippen LogP contribution < -0.4 is 0 Å². The topological polar surface area (TPSA) is 60.7 Å². The molecule has 0 fully saturated rings. The molecule has 3 N–H and O–H groups in total. The van der Waals surface area contributed by atoms with Gasteiger partial charge in [-0.3, -0.25) is 0 Å². The van der Waals surface area contributed by atoms with Crippen molar-refractivity contribution in [3.63, 3.8) is 0 Å². The number of hydrogen-bond donors (Lipinski definition) is 3. The lowest BCUT2D eigenvalue weighted by molar-refractivity contribution is 0.461. The first-order valence-electron chi connectivity index (χ1n) is 6.43. The second-order valence-corrected chi connectivity index (χ2v) is 4.55. The Kier molecular flexibility index (Phi) is 3.65. The molecule has 0 aliphatic carbocycles. The lowest BCUT2D eigenvalue weighted by Gasteiger charge is -2.13. The molecule has 3 heteroatoms. The van der Waals surface area contributed by atoms with Gasteiger partial charge in [-0.25, -0.2) is 0 Å². The van der Waals surface area contributed by atoms with Crippen molar-refractivity contribution in [2.24, 2.45) is 0 Å². The van der Waals surface area contributed by atoms with Crippen molar-refractivity contribution in [2.75, 3.05) is 0 Å². The summed E-state index contributed by atoms with van der Waals surface area (Å²) in [5, 5.41) is 29.5. The number of phenols is 3. The fourth-order valence-electron chi connectivity index (χ4n) is 2.25. The summed E-state index contributed by atoms with van der Waals surface area (Å²) < 4.78 is 0. The molecular weight excluding hydrogens is 240 g/mol. The average molecular weight is 258 g/mol. The van der Waals surface area contributed by atoms with Gasteiger partial charge in [-0.15, -0.1) is 0 Å². The Morgan fingerprint density at radius 3 is 2.05 bits per heavy atom. The van der Waals surface area contributed by atoms with E-state index in [-0.39, 0.29) is 17.2 Å². The van der Waals surface area contributed by atoms with E-state index in [9.17, 15) is 15.3 Å². The van der Waals surface area contributed by atoms with Crippen LogP contribution >= 0.6 is 0 Å². The molecule has 100 valence electrons. The third-order valence-corrected chi connectivity index (χ3v) is 3.34. The largest absolute Gasteiger partial charge is 0.508 e. The van der Waals surface area contributed by atoms with Crippen LogP contribution in [0.1, 0.15) is 25.0 Å². The van der Waals surface area contributed by atoms with Crippen LogP contribution in [0.5, 0.6) is 17.2 Å². The normalized spacial score (nSPS) is 10.6. The van der Waals surface area contributed by atoms with Crippen LogP contribution in [0.3, 0.4) is 0 Å². The minimum absolute atomic E-state index is 0.0916. The van der Waals surface area contributed by atoms with Crippen molar-refractivity contribution in [1.82, 2.24) is 0 Å². The summed E-state index contributed by atoms with van der Waals surface area (Å²) in [5.74, 6) is 0.405. The van der Waals surface area contributed by atoms with Gasteiger partial charge in [-0.2, -0.15) is 0 Å². The monoisotopic (exact) mass is 258 g/mol. The summed E-state index contributed by atoms with van der Waals surface area (Å²) in [6.07, 6.45) is 1.54. The zero-order valence-corrected chi connectivity index (χ0v) is 11.1. The quantitative estimate of drug-likeness (QED) is 0.737. The van der Waals surface area contributed by atoms with E-state index in [1.54, 1.807) is 6.07 Å². The first kappa shape index (κ1) is 13.3. The Balaban J connectivity index is 2.67. The van der Waals surface area contributed by atoms with Gasteiger partial charge in [0.05, 0.1) is 0 Å². The summed E-state index contributed by atoms with van der Waals surface area (Å²) in [6, 6.07) is 8.01. The highest BCUT2D eigenvalue weighted by Crippen LogP contribution is 2.37. The molecule has 2 aromatic carbocycles. The molecule has 0 heterocycles. The number of rotatable bonds is 3. The standard InChI is InChI=1S/C16H18O3/c1-3-10-7-11(4-2)16(19)9-13(10)14-8-12(17)5-6-15(14)18/h5-9,17-19H,3-4H2,1-2H3. The van der Waals surface area contributed by atoms with Gasteiger partial charge in [0, 0.05) is 5.56 Å². The van der Waals surface area contributed by atoms with E-state index in [2.05, 4.69) is 0 Å². The molecule has 0 aromatic heterocycles. The van der Waals surface area contributed by atoms with Gasteiger partial charge in [0.25, 0.3) is 0 Å². The minimum Gasteiger partial charge on any atom is -0.508 e. The van der Waals surface area contributed by atoms with Crippen molar-refractivity contribution in [3.05, 3.63) is 41.5 Å². The molecule has 0 aliphatic rings. The number of hydrogen-bond acceptors (Lipinski definition) is 3. The van der Waals surface area contributed by atoms with E-state index >= 15 is 0 Å². The molecule has 2 rings (SSSR count). The Morgan fingerprint density at radius 2 is 1.42 bits per heavy atom. The predicted octanol–water partition coefficient (Wildman–Crippen LogP) is 3.60. The van der Waals surface area contributed by atoms with Crippen LogP contribution in [0.4, 0.5) is 0 Å². The summed E-state index contributed by atoms with van der Waals surface area (Å²) in [4.78, 5) is 0. The highest BCUT2D eigenvalue weighted by molar-refractivity contribution is 5.76. The summed E-state index contributed by atoms with van der Waals surface area (Å²) in [6.45, 7) is 4.01.